The summed E-state index contributed by atoms with van der Waals surface area (Å²) in [7, 11) is 4.21. The minimum atomic E-state index is -1.25. The lowest BCUT2D eigenvalue weighted by Gasteiger charge is -2.26. The fourth-order valence-corrected chi connectivity index (χ4v) is 4.40. The third kappa shape index (κ3) is 4.49. The van der Waals surface area contributed by atoms with Gasteiger partial charge < -0.3 is 24.1 Å². The standard InChI is InChI=1S/C28H25F2NO7/c1-5-38-22-13-15(9-12-19(22)35-2)25-24(26(32)23-20(36-3)7-6-8-21(23)37-4)27(33)28(34)31(25)16-10-11-17(29)18(30)14-16/h6-14,25,32H,5H2,1-4H3/b26-24+. The monoisotopic (exact) mass is 525 g/mol. The molecule has 10 heteroatoms. The van der Waals surface area contributed by atoms with Gasteiger partial charge in [0.2, 0.25) is 0 Å². The first-order chi connectivity index (χ1) is 18.3. The fourth-order valence-electron chi connectivity index (χ4n) is 4.40. The number of hydrogen-bond acceptors (Lipinski definition) is 7. The van der Waals surface area contributed by atoms with Gasteiger partial charge in [-0.05, 0) is 48.9 Å². The molecule has 8 nitrogen and oxygen atoms in total. The number of ketones is 1. The molecule has 1 aliphatic heterocycles. The fraction of sp³-hybridized carbons (Fsp3) is 0.214. The smallest absolute Gasteiger partial charge is 0.300 e. The number of aliphatic hydroxyl groups excluding tert-OH is 1. The van der Waals surface area contributed by atoms with Crippen LogP contribution in [0, 0.1) is 11.6 Å². The number of benzene rings is 3. The molecule has 0 radical (unpaired) electrons. The van der Waals surface area contributed by atoms with Crippen LogP contribution in [0.3, 0.4) is 0 Å². The molecule has 1 N–H and O–H groups in total. The first kappa shape index (κ1) is 26.5. The molecule has 1 aliphatic rings. The Morgan fingerprint density at radius 1 is 0.868 bits per heavy atom. The van der Waals surface area contributed by atoms with E-state index in [1.165, 1.54) is 27.4 Å². The van der Waals surface area contributed by atoms with Crippen LogP contribution in [0.4, 0.5) is 14.5 Å². The molecule has 0 aliphatic carbocycles. The van der Waals surface area contributed by atoms with Gasteiger partial charge in [-0.25, -0.2) is 8.78 Å². The average molecular weight is 526 g/mol. The van der Waals surface area contributed by atoms with Crippen LogP contribution >= 0.6 is 0 Å². The molecule has 1 saturated heterocycles. The number of Topliss-reactive ketones (excluding diaryl/α,β-unsaturated/α-hetero) is 1. The highest BCUT2D eigenvalue weighted by atomic mass is 19.2. The highest BCUT2D eigenvalue weighted by Gasteiger charge is 2.48. The number of halogens is 2. The first-order valence-electron chi connectivity index (χ1n) is 11.5. The molecule has 4 rings (SSSR count). The lowest BCUT2D eigenvalue weighted by atomic mass is 9.94. The molecule has 3 aromatic rings. The summed E-state index contributed by atoms with van der Waals surface area (Å²) in [6, 6.07) is 11.0. The van der Waals surface area contributed by atoms with E-state index in [2.05, 4.69) is 0 Å². The van der Waals surface area contributed by atoms with Gasteiger partial charge in [0.05, 0.1) is 39.6 Å². The Morgan fingerprint density at radius 3 is 2.11 bits per heavy atom. The van der Waals surface area contributed by atoms with E-state index in [9.17, 15) is 23.5 Å². The summed E-state index contributed by atoms with van der Waals surface area (Å²) in [4.78, 5) is 27.8. The number of carbonyl (C=O) groups excluding carboxylic acids is 2. The van der Waals surface area contributed by atoms with E-state index >= 15 is 0 Å². The number of carbonyl (C=O) groups is 2. The maximum Gasteiger partial charge on any atom is 0.300 e. The van der Waals surface area contributed by atoms with E-state index in [0.717, 1.165) is 17.0 Å². The lowest BCUT2D eigenvalue weighted by Crippen LogP contribution is -2.29. The van der Waals surface area contributed by atoms with Crippen molar-refractivity contribution in [2.24, 2.45) is 0 Å². The van der Waals surface area contributed by atoms with Crippen LogP contribution in [0.15, 0.2) is 60.2 Å². The number of amides is 1. The van der Waals surface area contributed by atoms with Gasteiger partial charge >= 0.3 is 0 Å². The third-order valence-electron chi connectivity index (χ3n) is 6.09. The molecule has 38 heavy (non-hydrogen) atoms. The van der Waals surface area contributed by atoms with Crippen LogP contribution in [-0.2, 0) is 9.59 Å². The molecule has 0 aromatic heterocycles. The second-order valence-electron chi connectivity index (χ2n) is 8.15. The predicted molar refractivity (Wildman–Crippen MR) is 135 cm³/mol. The van der Waals surface area contributed by atoms with Crippen LogP contribution in [0.2, 0.25) is 0 Å². The molecule has 1 amide bonds. The molecular weight excluding hydrogens is 500 g/mol. The van der Waals surface area contributed by atoms with Gasteiger partial charge in [0, 0.05) is 11.8 Å². The summed E-state index contributed by atoms with van der Waals surface area (Å²) in [5.74, 6) is -3.91. The summed E-state index contributed by atoms with van der Waals surface area (Å²) >= 11 is 0. The average Bonchev–Trinajstić information content (AvgIpc) is 3.19. The summed E-state index contributed by atoms with van der Waals surface area (Å²) < 4.78 is 49.8. The molecule has 0 saturated carbocycles. The number of hydrogen-bond donors (Lipinski definition) is 1. The van der Waals surface area contributed by atoms with Gasteiger partial charge in [-0.1, -0.05) is 12.1 Å². The maximum atomic E-state index is 14.2. The van der Waals surface area contributed by atoms with Gasteiger partial charge in [-0.15, -0.1) is 0 Å². The van der Waals surface area contributed by atoms with E-state index in [1.54, 1.807) is 43.3 Å². The Morgan fingerprint density at radius 2 is 1.53 bits per heavy atom. The quantitative estimate of drug-likeness (QED) is 0.251. The van der Waals surface area contributed by atoms with Crippen molar-refractivity contribution in [2.45, 2.75) is 13.0 Å². The van der Waals surface area contributed by atoms with E-state index in [1.807, 2.05) is 0 Å². The predicted octanol–water partition coefficient (Wildman–Crippen LogP) is 5.02. The summed E-state index contributed by atoms with van der Waals surface area (Å²) in [5.41, 5.74) is -0.0103. The molecule has 1 unspecified atom stereocenters. The SMILES string of the molecule is CCOc1cc(C2/C(=C(\O)c3c(OC)cccc3OC)C(=O)C(=O)N2c2ccc(F)c(F)c2)ccc1OC. The lowest BCUT2D eigenvalue weighted by molar-refractivity contribution is -0.132. The topological polar surface area (TPSA) is 94.5 Å². The number of rotatable bonds is 8. The Kier molecular flexibility index (Phi) is 7.52. The van der Waals surface area contributed by atoms with Crippen LogP contribution < -0.4 is 23.8 Å². The van der Waals surface area contributed by atoms with E-state index in [4.69, 9.17) is 18.9 Å². The first-order valence-corrected chi connectivity index (χ1v) is 11.5. The molecule has 1 atom stereocenters. The Balaban J connectivity index is 2.04. The van der Waals surface area contributed by atoms with Gasteiger partial charge in [0.15, 0.2) is 23.1 Å². The van der Waals surface area contributed by atoms with Gasteiger partial charge in [0.25, 0.3) is 11.7 Å². The van der Waals surface area contributed by atoms with Gasteiger partial charge in [-0.2, -0.15) is 0 Å². The van der Waals surface area contributed by atoms with Crippen molar-refractivity contribution in [1.29, 1.82) is 0 Å². The van der Waals surface area contributed by atoms with E-state index < -0.39 is 35.1 Å². The van der Waals surface area contributed by atoms with E-state index in [0.29, 0.717) is 23.7 Å². The third-order valence-corrected chi connectivity index (χ3v) is 6.09. The van der Waals surface area contributed by atoms with Crippen molar-refractivity contribution in [1.82, 2.24) is 0 Å². The van der Waals surface area contributed by atoms with E-state index in [-0.39, 0.29) is 28.3 Å². The van der Waals surface area contributed by atoms with Crippen LogP contribution in [0.5, 0.6) is 23.0 Å². The summed E-state index contributed by atoms with van der Waals surface area (Å²) in [5, 5.41) is 11.5. The van der Waals surface area contributed by atoms with Gasteiger partial charge in [-0.3, -0.25) is 14.5 Å². The highest BCUT2D eigenvalue weighted by Crippen LogP contribution is 2.46. The number of methoxy groups -OCH3 is 3. The molecule has 0 bridgehead atoms. The zero-order chi connectivity index (χ0) is 27.6. The summed E-state index contributed by atoms with van der Waals surface area (Å²) in [6.07, 6.45) is 0. The molecule has 0 spiro atoms. The summed E-state index contributed by atoms with van der Waals surface area (Å²) in [6.45, 7) is 2.06. The van der Waals surface area contributed by atoms with Crippen LogP contribution in [0.1, 0.15) is 24.1 Å². The Hall–Kier alpha value is -4.60. The van der Waals surface area contributed by atoms with Crippen LogP contribution in [-0.4, -0.2) is 44.7 Å². The maximum absolute atomic E-state index is 14.2. The normalized spacial score (nSPS) is 16.5. The Labute approximate surface area is 217 Å². The van der Waals surface area contributed by atoms with Crippen molar-refractivity contribution >= 4 is 23.1 Å². The molecule has 1 fully saturated rings. The number of nitrogens with zero attached hydrogens (tertiary/aromatic N) is 1. The molecule has 3 aromatic carbocycles. The number of aliphatic hydroxyl groups is 1. The molecule has 198 valence electrons. The minimum Gasteiger partial charge on any atom is -0.506 e. The van der Waals surface area contributed by atoms with Crippen molar-refractivity contribution in [2.75, 3.05) is 32.8 Å². The largest absolute Gasteiger partial charge is 0.506 e. The van der Waals surface area contributed by atoms with Gasteiger partial charge in [0.1, 0.15) is 22.8 Å². The second-order valence-corrected chi connectivity index (χ2v) is 8.15. The zero-order valence-electron chi connectivity index (χ0n) is 21.1. The zero-order valence-corrected chi connectivity index (χ0v) is 21.1. The van der Waals surface area contributed by atoms with Crippen LogP contribution in [0.25, 0.3) is 5.76 Å². The second kappa shape index (κ2) is 10.8. The number of anilines is 1. The van der Waals surface area contributed by atoms with Crippen molar-refractivity contribution in [3.63, 3.8) is 0 Å². The highest BCUT2D eigenvalue weighted by molar-refractivity contribution is 6.51. The molecular formula is C28H25F2NO7. The van der Waals surface area contributed by atoms with Crippen molar-refractivity contribution in [3.05, 3.63) is 82.9 Å². The van der Waals surface area contributed by atoms with Crippen molar-refractivity contribution < 1.29 is 42.4 Å². The molecule has 1 heterocycles. The Bertz CT molecular complexity index is 1410. The minimum absolute atomic E-state index is 0.0457. The van der Waals surface area contributed by atoms with Crippen molar-refractivity contribution in [3.8, 4) is 23.0 Å². The number of ether oxygens (including phenoxy) is 4.